The van der Waals surface area contributed by atoms with Crippen molar-refractivity contribution in [2.75, 3.05) is 5.32 Å². The van der Waals surface area contributed by atoms with Crippen molar-refractivity contribution in [3.05, 3.63) is 41.8 Å². The van der Waals surface area contributed by atoms with Crippen LogP contribution in [0.25, 0.3) is 21.6 Å². The molecule has 118 valence electrons. The highest BCUT2D eigenvalue weighted by molar-refractivity contribution is 7.13. The van der Waals surface area contributed by atoms with Crippen LogP contribution in [0.5, 0.6) is 0 Å². The van der Waals surface area contributed by atoms with Crippen LogP contribution in [0.3, 0.4) is 0 Å². The lowest BCUT2D eigenvalue weighted by atomic mass is 9.86. The first-order valence-electron chi connectivity index (χ1n) is 8.38. The van der Waals surface area contributed by atoms with Gasteiger partial charge >= 0.3 is 0 Å². The van der Waals surface area contributed by atoms with E-state index in [1.54, 1.807) is 11.3 Å². The summed E-state index contributed by atoms with van der Waals surface area (Å²) in [5.74, 6) is 2.50. The fraction of sp³-hybridized carbons (Fsp3) is 0.368. The molecule has 1 fully saturated rings. The van der Waals surface area contributed by atoms with Crippen molar-refractivity contribution in [1.29, 1.82) is 0 Å². The molecule has 2 heterocycles. The summed E-state index contributed by atoms with van der Waals surface area (Å²) in [7, 11) is 0. The van der Waals surface area contributed by atoms with Crippen molar-refractivity contribution >= 4 is 28.1 Å². The Morgan fingerprint density at radius 1 is 1.04 bits per heavy atom. The third kappa shape index (κ3) is 2.95. The average Bonchev–Trinajstić information content (AvgIpc) is 3.11. The monoisotopic (exact) mass is 323 g/mol. The maximum atomic E-state index is 4.86. The van der Waals surface area contributed by atoms with Crippen LogP contribution < -0.4 is 5.32 Å². The van der Waals surface area contributed by atoms with Crippen LogP contribution in [-0.4, -0.2) is 16.0 Å². The van der Waals surface area contributed by atoms with Gasteiger partial charge in [-0.2, -0.15) is 0 Å². The topological polar surface area (TPSA) is 37.8 Å². The molecule has 0 saturated heterocycles. The van der Waals surface area contributed by atoms with Crippen LogP contribution in [0.4, 0.5) is 5.82 Å². The number of hydrogen-bond donors (Lipinski definition) is 1. The van der Waals surface area contributed by atoms with Gasteiger partial charge in [-0.15, -0.1) is 11.3 Å². The molecule has 0 aliphatic heterocycles. The first-order valence-corrected chi connectivity index (χ1v) is 9.26. The number of para-hydroxylation sites is 1. The summed E-state index contributed by atoms with van der Waals surface area (Å²) in [5.41, 5.74) is 1.01. The van der Waals surface area contributed by atoms with E-state index in [2.05, 4.69) is 48.0 Å². The van der Waals surface area contributed by atoms with Crippen LogP contribution in [0, 0.1) is 5.92 Å². The number of rotatable bonds is 3. The predicted molar refractivity (Wildman–Crippen MR) is 97.9 cm³/mol. The molecule has 3 nitrogen and oxygen atoms in total. The smallest absolute Gasteiger partial charge is 0.172 e. The average molecular weight is 323 g/mol. The number of nitrogens with one attached hydrogen (secondary N) is 1. The number of benzene rings is 1. The van der Waals surface area contributed by atoms with Gasteiger partial charge < -0.3 is 5.32 Å². The number of thiophene rings is 1. The normalized spacial score (nSPS) is 21.4. The molecule has 3 aromatic rings. The standard InChI is InChI=1S/C19H21N3S/c1-13-7-2-4-9-15(13)20-18-14-8-3-5-10-16(14)21-19(22-18)17-11-6-12-23-17/h3,5-6,8,10-13,15H,2,4,7,9H2,1H3,(H,20,21,22)/t13-,15-/m0/s1. The van der Waals surface area contributed by atoms with Gasteiger partial charge in [-0.3, -0.25) is 0 Å². The molecule has 0 radical (unpaired) electrons. The van der Waals surface area contributed by atoms with Crippen molar-refractivity contribution < 1.29 is 0 Å². The molecule has 1 aromatic carbocycles. The lowest BCUT2D eigenvalue weighted by molar-refractivity contribution is 0.349. The first-order chi connectivity index (χ1) is 11.3. The van der Waals surface area contributed by atoms with Gasteiger partial charge in [-0.05, 0) is 42.3 Å². The summed E-state index contributed by atoms with van der Waals surface area (Å²) in [6.07, 6.45) is 5.19. The number of anilines is 1. The van der Waals surface area contributed by atoms with Gasteiger partial charge in [-0.25, -0.2) is 9.97 Å². The van der Waals surface area contributed by atoms with Crippen molar-refractivity contribution in [1.82, 2.24) is 9.97 Å². The third-order valence-corrected chi connectivity index (χ3v) is 5.64. The number of nitrogens with zero attached hydrogens (tertiary/aromatic N) is 2. The summed E-state index contributed by atoms with van der Waals surface area (Å²) in [6.45, 7) is 2.35. The second-order valence-electron chi connectivity index (χ2n) is 6.40. The Labute approximate surface area is 140 Å². The quantitative estimate of drug-likeness (QED) is 0.706. The van der Waals surface area contributed by atoms with E-state index in [-0.39, 0.29) is 0 Å². The van der Waals surface area contributed by atoms with E-state index < -0.39 is 0 Å². The van der Waals surface area contributed by atoms with Crippen LogP contribution in [0.2, 0.25) is 0 Å². The lowest BCUT2D eigenvalue weighted by Gasteiger charge is -2.30. The summed E-state index contributed by atoms with van der Waals surface area (Å²) >= 11 is 1.69. The highest BCUT2D eigenvalue weighted by Gasteiger charge is 2.22. The fourth-order valence-corrected chi connectivity index (χ4v) is 4.07. The predicted octanol–water partition coefficient (Wildman–Crippen LogP) is 5.35. The molecule has 0 amide bonds. The molecular formula is C19H21N3S. The molecule has 1 saturated carbocycles. The van der Waals surface area contributed by atoms with Crippen molar-refractivity contribution in [3.8, 4) is 10.7 Å². The molecule has 4 heteroatoms. The summed E-state index contributed by atoms with van der Waals surface area (Å²) < 4.78 is 0. The highest BCUT2D eigenvalue weighted by atomic mass is 32.1. The Morgan fingerprint density at radius 3 is 2.74 bits per heavy atom. The van der Waals surface area contributed by atoms with Crippen LogP contribution in [-0.2, 0) is 0 Å². The van der Waals surface area contributed by atoms with Gasteiger partial charge in [0.15, 0.2) is 5.82 Å². The van der Waals surface area contributed by atoms with Gasteiger partial charge in [0.2, 0.25) is 0 Å². The minimum Gasteiger partial charge on any atom is -0.366 e. The molecule has 23 heavy (non-hydrogen) atoms. The number of hydrogen-bond acceptors (Lipinski definition) is 4. The molecule has 4 rings (SSSR count). The largest absolute Gasteiger partial charge is 0.366 e. The van der Waals surface area contributed by atoms with Crippen molar-refractivity contribution in [3.63, 3.8) is 0 Å². The molecular weight excluding hydrogens is 302 g/mol. The van der Waals surface area contributed by atoms with Crippen LogP contribution in [0.15, 0.2) is 41.8 Å². The van der Waals surface area contributed by atoms with E-state index in [1.807, 2.05) is 6.07 Å². The minimum absolute atomic E-state index is 0.512. The zero-order valence-electron chi connectivity index (χ0n) is 13.3. The molecule has 1 N–H and O–H groups in total. The summed E-state index contributed by atoms with van der Waals surface area (Å²) in [6, 6.07) is 12.9. The van der Waals surface area contributed by atoms with E-state index in [1.165, 1.54) is 25.7 Å². The first kappa shape index (κ1) is 14.6. The zero-order chi connectivity index (χ0) is 15.6. The molecule has 1 aliphatic rings. The number of fused-ring (bicyclic) bond motifs is 1. The van der Waals surface area contributed by atoms with Gasteiger partial charge in [0.05, 0.1) is 10.4 Å². The van der Waals surface area contributed by atoms with Crippen LogP contribution in [0.1, 0.15) is 32.6 Å². The van der Waals surface area contributed by atoms with Gasteiger partial charge in [-0.1, -0.05) is 38.0 Å². The molecule has 0 spiro atoms. The Bertz CT molecular complexity index is 797. The van der Waals surface area contributed by atoms with Crippen molar-refractivity contribution in [2.24, 2.45) is 5.92 Å². The maximum absolute atomic E-state index is 4.86. The Hall–Kier alpha value is -1.94. The van der Waals surface area contributed by atoms with E-state index >= 15 is 0 Å². The van der Waals surface area contributed by atoms with E-state index in [4.69, 9.17) is 9.97 Å². The SMILES string of the molecule is C[C@H]1CCCC[C@@H]1Nc1nc(-c2cccs2)nc2ccccc12. The zero-order valence-corrected chi connectivity index (χ0v) is 14.1. The highest BCUT2D eigenvalue weighted by Crippen LogP contribution is 2.31. The minimum atomic E-state index is 0.512. The molecule has 0 unspecified atom stereocenters. The van der Waals surface area contributed by atoms with Gasteiger partial charge in [0.25, 0.3) is 0 Å². The molecule has 2 aromatic heterocycles. The fourth-order valence-electron chi connectivity index (χ4n) is 3.41. The molecule has 1 aliphatic carbocycles. The molecule has 0 bridgehead atoms. The van der Waals surface area contributed by atoms with Gasteiger partial charge in [0, 0.05) is 11.4 Å². The summed E-state index contributed by atoms with van der Waals surface area (Å²) in [4.78, 5) is 10.7. The van der Waals surface area contributed by atoms with E-state index in [9.17, 15) is 0 Å². The van der Waals surface area contributed by atoms with Gasteiger partial charge in [0.1, 0.15) is 5.82 Å². The van der Waals surface area contributed by atoms with Crippen molar-refractivity contribution in [2.45, 2.75) is 38.6 Å². The Balaban J connectivity index is 1.77. The van der Waals surface area contributed by atoms with E-state index in [0.29, 0.717) is 12.0 Å². The van der Waals surface area contributed by atoms with E-state index in [0.717, 1.165) is 27.4 Å². The van der Waals surface area contributed by atoms with Crippen LogP contribution >= 0.6 is 11.3 Å². The Morgan fingerprint density at radius 2 is 1.91 bits per heavy atom. The maximum Gasteiger partial charge on any atom is 0.172 e. The third-order valence-electron chi connectivity index (χ3n) is 4.78. The lowest BCUT2D eigenvalue weighted by Crippen LogP contribution is -2.30. The second-order valence-corrected chi connectivity index (χ2v) is 7.35. The second kappa shape index (κ2) is 6.28. The Kier molecular flexibility index (Phi) is 4.00. The molecule has 2 atom stereocenters. The summed E-state index contributed by atoms with van der Waals surface area (Å²) in [5, 5.41) is 6.92. The number of aromatic nitrogens is 2.